The Morgan fingerprint density at radius 1 is 1.31 bits per heavy atom. The van der Waals surface area contributed by atoms with Crippen LogP contribution in [0.15, 0.2) is 51.9 Å². The molecule has 3 aromatic rings. The molecule has 0 atom stereocenters. The summed E-state index contributed by atoms with van der Waals surface area (Å²) in [4.78, 5) is 16.0. The smallest absolute Gasteiger partial charge is 0.303 e. The van der Waals surface area contributed by atoms with Crippen LogP contribution in [0.5, 0.6) is 5.75 Å². The van der Waals surface area contributed by atoms with Crippen molar-refractivity contribution in [3.05, 3.63) is 53.2 Å². The van der Waals surface area contributed by atoms with Gasteiger partial charge < -0.3 is 15.6 Å². The molecule has 0 amide bonds. The van der Waals surface area contributed by atoms with E-state index in [0.717, 1.165) is 17.8 Å². The highest BCUT2D eigenvalue weighted by Crippen LogP contribution is 2.33. The van der Waals surface area contributed by atoms with Crippen molar-refractivity contribution in [1.29, 1.82) is 0 Å². The second-order valence-corrected chi connectivity index (χ2v) is 10.1. The van der Waals surface area contributed by atoms with Gasteiger partial charge in [0.15, 0.2) is 0 Å². The molecule has 0 aliphatic carbocycles. The van der Waals surface area contributed by atoms with Crippen molar-refractivity contribution < 1.29 is 23.1 Å². The van der Waals surface area contributed by atoms with E-state index in [4.69, 9.17) is 15.6 Å². The number of aliphatic carboxylic acids is 1. The van der Waals surface area contributed by atoms with E-state index in [1.54, 1.807) is 36.5 Å². The highest BCUT2D eigenvalue weighted by Gasteiger charge is 2.24. The number of fused-ring (bicyclic) bond motifs is 1. The summed E-state index contributed by atoms with van der Waals surface area (Å²) in [7, 11) is -2.40. The first-order valence-corrected chi connectivity index (χ1v) is 12.2. The molecular formula is C22H25N3O5S2. The Morgan fingerprint density at radius 2 is 2.09 bits per heavy atom. The number of allylic oxidation sites excluding steroid dienone is 1. The number of carboxylic acids is 1. The molecular weight excluding hydrogens is 450 g/mol. The van der Waals surface area contributed by atoms with Crippen LogP contribution in [-0.4, -0.2) is 43.3 Å². The van der Waals surface area contributed by atoms with Gasteiger partial charge in [-0.15, -0.1) is 11.3 Å². The molecule has 0 bridgehead atoms. The Kier molecular flexibility index (Phi) is 7.37. The number of hydrogen-bond donors (Lipinski definition) is 2. The van der Waals surface area contributed by atoms with E-state index in [-0.39, 0.29) is 17.1 Å². The SMILES string of the molecule is CCCN=CC(=CN)c1ccc(S(=O)(=O)n2cc(CCC(=O)O)c3cc(OC)ccc32)s1. The Bertz CT molecular complexity index is 1290. The van der Waals surface area contributed by atoms with Gasteiger partial charge in [0.25, 0.3) is 10.0 Å². The van der Waals surface area contributed by atoms with Crippen LogP contribution in [0.25, 0.3) is 16.5 Å². The van der Waals surface area contributed by atoms with Gasteiger partial charge in [-0.25, -0.2) is 3.97 Å². The summed E-state index contributed by atoms with van der Waals surface area (Å²) in [5.41, 5.74) is 7.45. The van der Waals surface area contributed by atoms with Crippen LogP contribution in [-0.2, 0) is 21.2 Å². The first kappa shape index (κ1) is 23.6. The molecule has 0 unspecified atom stereocenters. The van der Waals surface area contributed by atoms with Crippen LogP contribution in [0.2, 0.25) is 0 Å². The largest absolute Gasteiger partial charge is 0.497 e. The predicted molar refractivity (Wildman–Crippen MR) is 127 cm³/mol. The van der Waals surface area contributed by atoms with Crippen molar-refractivity contribution in [1.82, 2.24) is 3.97 Å². The summed E-state index contributed by atoms with van der Waals surface area (Å²) in [5, 5.41) is 9.71. The lowest BCUT2D eigenvalue weighted by molar-refractivity contribution is -0.136. The van der Waals surface area contributed by atoms with E-state index in [2.05, 4.69) is 4.99 Å². The first-order chi connectivity index (χ1) is 15.3. The fraction of sp³-hybridized carbons (Fsp3) is 0.273. The molecule has 2 heterocycles. The number of aromatic nitrogens is 1. The lowest BCUT2D eigenvalue weighted by Crippen LogP contribution is -2.10. The van der Waals surface area contributed by atoms with Crippen molar-refractivity contribution in [2.75, 3.05) is 13.7 Å². The molecule has 0 spiro atoms. The van der Waals surface area contributed by atoms with Crippen molar-refractivity contribution in [2.45, 2.75) is 30.4 Å². The summed E-state index contributed by atoms with van der Waals surface area (Å²) in [6.07, 6.45) is 5.53. The maximum absolute atomic E-state index is 13.5. The van der Waals surface area contributed by atoms with Gasteiger partial charge in [-0.05, 0) is 48.7 Å². The molecule has 170 valence electrons. The third kappa shape index (κ3) is 4.86. The Hall–Kier alpha value is -3.11. The molecule has 0 fully saturated rings. The molecule has 32 heavy (non-hydrogen) atoms. The zero-order valence-corrected chi connectivity index (χ0v) is 19.4. The summed E-state index contributed by atoms with van der Waals surface area (Å²) >= 11 is 1.10. The van der Waals surface area contributed by atoms with Gasteiger partial charge >= 0.3 is 5.97 Å². The van der Waals surface area contributed by atoms with Gasteiger partial charge in [-0.2, -0.15) is 8.42 Å². The van der Waals surface area contributed by atoms with Crippen molar-refractivity contribution >= 4 is 50.0 Å². The first-order valence-electron chi connectivity index (χ1n) is 9.99. The second kappa shape index (κ2) is 10.0. The number of hydrogen-bond acceptors (Lipinski definition) is 7. The van der Waals surface area contributed by atoms with Crippen LogP contribution in [0.4, 0.5) is 0 Å². The number of thiophene rings is 1. The standard InChI is InChI=1S/C22H25N3O5S2/c1-3-10-24-13-16(12-23)20-7-9-22(31-20)32(28,29)25-14-15(4-8-21(26)27)18-11-17(30-2)5-6-19(18)25/h5-7,9,11-14H,3-4,8,10,23H2,1-2H3,(H,26,27). The monoisotopic (exact) mass is 475 g/mol. The number of aliphatic imine (C=N–C) groups is 1. The van der Waals surface area contributed by atoms with Gasteiger partial charge in [-0.1, -0.05) is 6.92 Å². The quantitative estimate of drug-likeness (QED) is 0.431. The van der Waals surface area contributed by atoms with E-state index >= 15 is 0 Å². The van der Waals surface area contributed by atoms with Crippen LogP contribution in [0.1, 0.15) is 30.2 Å². The zero-order valence-electron chi connectivity index (χ0n) is 17.8. The van der Waals surface area contributed by atoms with Crippen molar-refractivity contribution in [3.8, 4) is 5.75 Å². The van der Waals surface area contributed by atoms with Crippen LogP contribution >= 0.6 is 11.3 Å². The third-order valence-corrected chi connectivity index (χ3v) is 8.09. The number of nitrogens with two attached hydrogens (primary N) is 1. The van der Waals surface area contributed by atoms with E-state index in [9.17, 15) is 13.2 Å². The Labute approximate surface area is 190 Å². The number of carboxylic acid groups (broad SMARTS) is 1. The van der Waals surface area contributed by atoms with E-state index in [1.807, 2.05) is 6.92 Å². The number of rotatable bonds is 10. The van der Waals surface area contributed by atoms with Gasteiger partial charge in [0.05, 0.1) is 12.6 Å². The average molecular weight is 476 g/mol. The molecule has 0 aliphatic heterocycles. The lowest BCUT2D eigenvalue weighted by Gasteiger charge is -2.06. The molecule has 10 heteroatoms. The van der Waals surface area contributed by atoms with Crippen molar-refractivity contribution in [3.63, 3.8) is 0 Å². The van der Waals surface area contributed by atoms with E-state index < -0.39 is 16.0 Å². The average Bonchev–Trinajstić information content (AvgIpc) is 3.41. The fourth-order valence-electron chi connectivity index (χ4n) is 3.20. The molecule has 2 aromatic heterocycles. The summed E-state index contributed by atoms with van der Waals surface area (Å²) < 4.78 is 33.6. The summed E-state index contributed by atoms with van der Waals surface area (Å²) in [6.45, 7) is 2.67. The topological polar surface area (TPSA) is 124 Å². The van der Waals surface area contributed by atoms with E-state index in [1.165, 1.54) is 23.5 Å². The normalized spacial score (nSPS) is 12.6. The number of nitrogens with zero attached hydrogens (tertiary/aromatic N) is 2. The molecule has 0 saturated heterocycles. The van der Waals surface area contributed by atoms with Crippen molar-refractivity contribution in [2.24, 2.45) is 10.7 Å². The van der Waals surface area contributed by atoms with Crippen LogP contribution < -0.4 is 10.5 Å². The molecule has 0 aliphatic rings. The maximum Gasteiger partial charge on any atom is 0.303 e. The number of methoxy groups -OCH3 is 1. The van der Waals surface area contributed by atoms with Gasteiger partial charge in [0.2, 0.25) is 0 Å². The maximum atomic E-state index is 13.5. The zero-order chi connectivity index (χ0) is 23.3. The number of benzene rings is 1. The molecule has 3 rings (SSSR count). The molecule has 8 nitrogen and oxygen atoms in total. The minimum Gasteiger partial charge on any atom is -0.497 e. The number of ether oxygens (including phenoxy) is 1. The minimum absolute atomic E-state index is 0.110. The lowest BCUT2D eigenvalue weighted by atomic mass is 10.1. The minimum atomic E-state index is -3.91. The van der Waals surface area contributed by atoms with Crippen LogP contribution in [0, 0.1) is 0 Å². The molecule has 0 saturated carbocycles. The predicted octanol–water partition coefficient (Wildman–Crippen LogP) is 3.75. The fourth-order valence-corrected chi connectivity index (χ4v) is 5.98. The van der Waals surface area contributed by atoms with Gasteiger partial charge in [-0.3, -0.25) is 9.79 Å². The number of aryl methyl sites for hydroxylation is 1. The third-order valence-electron chi connectivity index (χ3n) is 4.81. The van der Waals surface area contributed by atoms with Gasteiger partial charge in [0.1, 0.15) is 9.96 Å². The second-order valence-electron chi connectivity index (χ2n) is 7.01. The highest BCUT2D eigenvalue weighted by atomic mass is 32.2. The van der Waals surface area contributed by atoms with E-state index in [0.29, 0.717) is 39.2 Å². The molecule has 1 aromatic carbocycles. The Morgan fingerprint density at radius 3 is 2.75 bits per heavy atom. The van der Waals surface area contributed by atoms with Gasteiger partial charge in [0, 0.05) is 47.4 Å². The Balaban J connectivity index is 2.06. The highest BCUT2D eigenvalue weighted by molar-refractivity contribution is 7.92. The summed E-state index contributed by atoms with van der Waals surface area (Å²) in [6, 6.07) is 8.30. The number of carbonyl (C=O) groups is 1. The molecule has 3 N–H and O–H groups in total. The molecule has 0 radical (unpaired) electrons. The summed E-state index contributed by atoms with van der Waals surface area (Å²) in [5.74, 6) is -0.392. The van der Waals surface area contributed by atoms with Crippen LogP contribution in [0.3, 0.4) is 0 Å².